The van der Waals surface area contributed by atoms with Crippen molar-refractivity contribution in [3.05, 3.63) is 57.9 Å². The van der Waals surface area contributed by atoms with Gasteiger partial charge in [0.2, 0.25) is 0 Å². The Bertz CT molecular complexity index is 455. The Balaban J connectivity index is 3.16. The van der Waals surface area contributed by atoms with E-state index in [-0.39, 0.29) is 5.78 Å². The normalized spacial score (nSPS) is 9.94. The van der Waals surface area contributed by atoms with Gasteiger partial charge in [-0.05, 0) is 25.9 Å². The Morgan fingerprint density at radius 3 is 2.17 bits per heavy atom. The summed E-state index contributed by atoms with van der Waals surface area (Å²) in [6, 6.07) is 9.42. The minimum Gasteiger partial charge on any atom is -0.289 e. The van der Waals surface area contributed by atoms with E-state index in [1.54, 1.807) is 23.5 Å². The highest BCUT2D eigenvalue weighted by Crippen LogP contribution is 2.32. The van der Waals surface area contributed by atoms with Crippen molar-refractivity contribution >= 4 is 29.3 Å². The second-order valence-electron chi connectivity index (χ2n) is 4.00. The Labute approximate surface area is 118 Å². The molecule has 96 valence electrons. The van der Waals surface area contributed by atoms with E-state index in [2.05, 4.69) is 6.58 Å². The van der Waals surface area contributed by atoms with Crippen LogP contribution in [0, 0.1) is 0 Å². The number of carbonyl (C=O) groups is 1. The first kappa shape index (κ1) is 15.1. The van der Waals surface area contributed by atoms with Gasteiger partial charge in [0.25, 0.3) is 0 Å². The first-order valence-electron chi connectivity index (χ1n) is 5.65. The fourth-order valence-corrected chi connectivity index (χ4v) is 3.13. The van der Waals surface area contributed by atoms with Crippen LogP contribution in [0.3, 0.4) is 0 Å². The molecule has 0 fully saturated rings. The molecule has 0 aromatic heterocycles. The van der Waals surface area contributed by atoms with Gasteiger partial charge in [0.05, 0.1) is 0 Å². The molecular formula is C15H18OS2. The Kier molecular flexibility index (Phi) is 6.30. The van der Waals surface area contributed by atoms with E-state index >= 15 is 0 Å². The summed E-state index contributed by atoms with van der Waals surface area (Å²) in [5, 5.41) is 0. The van der Waals surface area contributed by atoms with Gasteiger partial charge in [0.15, 0.2) is 5.78 Å². The highest BCUT2D eigenvalue weighted by Gasteiger charge is 2.16. The fourth-order valence-electron chi connectivity index (χ4n) is 1.64. The zero-order valence-corrected chi connectivity index (χ0v) is 12.7. The van der Waals surface area contributed by atoms with E-state index < -0.39 is 0 Å². The molecule has 0 aliphatic rings. The third-order valence-electron chi connectivity index (χ3n) is 2.41. The summed E-state index contributed by atoms with van der Waals surface area (Å²) in [7, 11) is 0. The van der Waals surface area contributed by atoms with Crippen molar-refractivity contribution < 1.29 is 4.79 Å². The summed E-state index contributed by atoms with van der Waals surface area (Å²) in [5.41, 5.74) is 2.61. The van der Waals surface area contributed by atoms with Gasteiger partial charge < -0.3 is 0 Å². The van der Waals surface area contributed by atoms with E-state index in [4.69, 9.17) is 0 Å². The summed E-state index contributed by atoms with van der Waals surface area (Å²) in [5.74, 6) is 0.109. The van der Waals surface area contributed by atoms with E-state index in [0.29, 0.717) is 6.42 Å². The van der Waals surface area contributed by atoms with Gasteiger partial charge in [-0.2, -0.15) is 0 Å². The number of hydrogen-bond donors (Lipinski definition) is 0. The third kappa shape index (κ3) is 4.07. The van der Waals surface area contributed by atoms with Gasteiger partial charge in [0, 0.05) is 15.4 Å². The third-order valence-corrected chi connectivity index (χ3v) is 4.64. The molecular weight excluding hydrogens is 260 g/mol. The van der Waals surface area contributed by atoms with Gasteiger partial charge in [-0.3, -0.25) is 4.79 Å². The van der Waals surface area contributed by atoms with Crippen molar-refractivity contribution in [3.63, 3.8) is 0 Å². The quantitative estimate of drug-likeness (QED) is 0.424. The van der Waals surface area contributed by atoms with Crippen LogP contribution in [0.1, 0.15) is 23.7 Å². The number of Topliss-reactive ketones (excluding diaryl/α,β-unsaturated/α-hetero) is 1. The predicted octanol–water partition coefficient (Wildman–Crippen LogP) is 4.77. The zero-order valence-electron chi connectivity index (χ0n) is 11.0. The molecule has 0 aliphatic carbocycles. The Morgan fingerprint density at radius 2 is 1.72 bits per heavy atom. The molecule has 0 N–H and O–H groups in total. The minimum atomic E-state index is 0.109. The lowest BCUT2D eigenvalue weighted by Gasteiger charge is -2.11. The van der Waals surface area contributed by atoms with Crippen LogP contribution in [-0.4, -0.2) is 18.3 Å². The van der Waals surface area contributed by atoms with Crippen molar-refractivity contribution in [2.24, 2.45) is 0 Å². The maximum Gasteiger partial charge on any atom is 0.190 e. The molecule has 1 aromatic carbocycles. The van der Waals surface area contributed by atoms with Gasteiger partial charge in [0.1, 0.15) is 0 Å². The molecule has 0 aliphatic heterocycles. The first-order valence-corrected chi connectivity index (χ1v) is 8.10. The first-order chi connectivity index (χ1) is 8.60. The Hall–Kier alpha value is -0.930. The SMILES string of the molecule is C=C(C)CC(C(=O)c1ccccc1)=C(SC)SC. The van der Waals surface area contributed by atoms with E-state index in [1.165, 1.54) is 0 Å². The summed E-state index contributed by atoms with van der Waals surface area (Å²) in [6.45, 7) is 5.87. The number of thioether (sulfide) groups is 2. The van der Waals surface area contributed by atoms with Gasteiger partial charge >= 0.3 is 0 Å². The molecule has 0 atom stereocenters. The molecule has 1 aromatic rings. The molecule has 0 saturated heterocycles. The molecule has 0 saturated carbocycles. The molecule has 0 heterocycles. The number of rotatable bonds is 6. The average Bonchev–Trinajstić information content (AvgIpc) is 2.38. The maximum atomic E-state index is 12.5. The van der Waals surface area contributed by atoms with Crippen molar-refractivity contribution in [2.45, 2.75) is 13.3 Å². The minimum absolute atomic E-state index is 0.109. The monoisotopic (exact) mass is 278 g/mol. The van der Waals surface area contributed by atoms with Gasteiger partial charge in [-0.25, -0.2) is 0 Å². The number of ketones is 1. The van der Waals surface area contributed by atoms with Crippen molar-refractivity contribution in [2.75, 3.05) is 12.5 Å². The van der Waals surface area contributed by atoms with Crippen molar-refractivity contribution in [1.29, 1.82) is 0 Å². The highest BCUT2D eigenvalue weighted by molar-refractivity contribution is 8.21. The summed E-state index contributed by atoms with van der Waals surface area (Å²) in [6.07, 6.45) is 4.65. The molecule has 0 radical (unpaired) electrons. The molecule has 1 nitrogen and oxygen atoms in total. The lowest BCUT2D eigenvalue weighted by atomic mass is 10.00. The Morgan fingerprint density at radius 1 is 1.17 bits per heavy atom. The lowest BCUT2D eigenvalue weighted by Crippen LogP contribution is -2.05. The van der Waals surface area contributed by atoms with Crippen LogP contribution in [-0.2, 0) is 0 Å². The molecule has 1 rings (SSSR count). The number of allylic oxidation sites excluding steroid dienone is 2. The van der Waals surface area contributed by atoms with Crippen LogP contribution >= 0.6 is 23.5 Å². The predicted molar refractivity (Wildman–Crippen MR) is 84.3 cm³/mol. The van der Waals surface area contributed by atoms with Crippen LogP contribution < -0.4 is 0 Å². The molecule has 0 bridgehead atoms. The van der Waals surface area contributed by atoms with Crippen LogP contribution in [0.5, 0.6) is 0 Å². The van der Waals surface area contributed by atoms with Gasteiger partial charge in [-0.15, -0.1) is 23.5 Å². The second-order valence-corrected chi connectivity index (χ2v) is 5.89. The number of hydrogen-bond acceptors (Lipinski definition) is 3. The lowest BCUT2D eigenvalue weighted by molar-refractivity contribution is 0.103. The summed E-state index contributed by atoms with van der Waals surface area (Å²) in [4.78, 5) is 12.5. The summed E-state index contributed by atoms with van der Waals surface area (Å²) >= 11 is 3.25. The van der Waals surface area contributed by atoms with Crippen molar-refractivity contribution in [3.8, 4) is 0 Å². The van der Waals surface area contributed by atoms with Crippen LogP contribution in [0.15, 0.2) is 52.3 Å². The van der Waals surface area contributed by atoms with E-state index in [0.717, 1.165) is 20.9 Å². The van der Waals surface area contributed by atoms with Crippen LogP contribution in [0.25, 0.3) is 0 Å². The number of carbonyl (C=O) groups excluding carboxylic acids is 1. The van der Waals surface area contributed by atoms with Gasteiger partial charge in [-0.1, -0.05) is 42.5 Å². The molecule has 0 spiro atoms. The standard InChI is InChI=1S/C15H18OS2/c1-11(2)10-13(15(17-3)18-4)14(16)12-8-6-5-7-9-12/h5-9H,1,10H2,2-4H3. The highest BCUT2D eigenvalue weighted by atomic mass is 32.2. The molecule has 0 amide bonds. The summed E-state index contributed by atoms with van der Waals surface area (Å²) < 4.78 is 1.08. The molecule has 3 heteroatoms. The van der Waals surface area contributed by atoms with E-state index in [1.807, 2.05) is 49.8 Å². The molecule has 18 heavy (non-hydrogen) atoms. The van der Waals surface area contributed by atoms with Crippen LogP contribution in [0.2, 0.25) is 0 Å². The zero-order chi connectivity index (χ0) is 13.5. The molecule has 0 unspecified atom stereocenters. The maximum absolute atomic E-state index is 12.5. The van der Waals surface area contributed by atoms with Crippen LogP contribution in [0.4, 0.5) is 0 Å². The second kappa shape index (κ2) is 7.49. The fraction of sp³-hybridized carbons (Fsp3) is 0.267. The average molecular weight is 278 g/mol. The van der Waals surface area contributed by atoms with E-state index in [9.17, 15) is 4.79 Å². The smallest absolute Gasteiger partial charge is 0.190 e. The largest absolute Gasteiger partial charge is 0.289 e. The topological polar surface area (TPSA) is 17.1 Å². The number of benzene rings is 1. The van der Waals surface area contributed by atoms with Crippen molar-refractivity contribution in [1.82, 2.24) is 0 Å².